The van der Waals surface area contributed by atoms with Crippen LogP contribution in [-0.2, 0) is 0 Å². The van der Waals surface area contributed by atoms with E-state index < -0.39 is 0 Å². The van der Waals surface area contributed by atoms with Crippen molar-refractivity contribution in [2.24, 2.45) is 5.92 Å². The van der Waals surface area contributed by atoms with Crippen LogP contribution in [0.5, 0.6) is 0 Å². The minimum atomic E-state index is 0. The van der Waals surface area contributed by atoms with Crippen molar-refractivity contribution in [2.45, 2.75) is 20.8 Å². The quantitative estimate of drug-likeness (QED) is 0.330. The van der Waals surface area contributed by atoms with Crippen LogP contribution in [0.15, 0.2) is 0 Å². The van der Waals surface area contributed by atoms with Crippen LogP contribution in [0.3, 0.4) is 0 Å². The van der Waals surface area contributed by atoms with Gasteiger partial charge in [-0.05, 0) is 0 Å². The van der Waals surface area contributed by atoms with E-state index in [1.54, 1.807) is 6.92 Å². The summed E-state index contributed by atoms with van der Waals surface area (Å²) < 4.78 is 0. The molecule has 7 heavy (non-hydrogen) atoms. The second-order valence-corrected chi connectivity index (χ2v) is 1.39. The van der Waals surface area contributed by atoms with Gasteiger partial charge in [0.15, 0.2) is 0 Å². The summed E-state index contributed by atoms with van der Waals surface area (Å²) >= 11 is 0. The fraction of sp³-hybridized carbons (Fsp3) is 0.667. The first-order valence-electron chi connectivity index (χ1n) is 2.27. The molecular formula is C6H14Mg. The summed E-state index contributed by atoms with van der Waals surface area (Å²) in [7, 11) is 0. The van der Waals surface area contributed by atoms with E-state index in [-0.39, 0.29) is 23.1 Å². The van der Waals surface area contributed by atoms with E-state index in [1.165, 1.54) is 0 Å². The molecule has 0 heterocycles. The Bertz CT molecular complexity index is 8.90. The van der Waals surface area contributed by atoms with Crippen LogP contribution in [-0.4, -0.2) is 23.1 Å². The van der Waals surface area contributed by atoms with E-state index in [9.17, 15) is 0 Å². The minimum absolute atomic E-state index is 0. The summed E-state index contributed by atoms with van der Waals surface area (Å²) in [5.41, 5.74) is 0. The third-order valence-corrected chi connectivity index (χ3v) is 0. The molecule has 0 aliphatic heterocycles. The van der Waals surface area contributed by atoms with Crippen LogP contribution in [0.4, 0.5) is 0 Å². The largest absolute Gasteiger partial charge is 2.00 e. The van der Waals surface area contributed by atoms with Gasteiger partial charge in [0.1, 0.15) is 0 Å². The summed E-state index contributed by atoms with van der Waals surface area (Å²) in [6, 6.07) is 0. The third-order valence-electron chi connectivity index (χ3n) is 0. The van der Waals surface area contributed by atoms with Crippen molar-refractivity contribution in [3.05, 3.63) is 13.8 Å². The average molecular weight is 110 g/mol. The van der Waals surface area contributed by atoms with E-state index in [2.05, 4.69) is 27.7 Å². The molecular weight excluding hydrogens is 96.4 g/mol. The molecule has 0 saturated carbocycles. The minimum Gasteiger partial charge on any atom is -0.346 e. The molecule has 0 rings (SSSR count). The van der Waals surface area contributed by atoms with E-state index in [0.29, 0.717) is 5.92 Å². The van der Waals surface area contributed by atoms with Gasteiger partial charge in [0.2, 0.25) is 0 Å². The maximum Gasteiger partial charge on any atom is 2.00 e. The number of hydrogen-bond acceptors (Lipinski definition) is 0. The second-order valence-electron chi connectivity index (χ2n) is 1.39. The van der Waals surface area contributed by atoms with Crippen LogP contribution in [0.1, 0.15) is 20.8 Å². The van der Waals surface area contributed by atoms with Crippen molar-refractivity contribution >= 4 is 23.1 Å². The zero-order valence-corrected chi connectivity index (χ0v) is 7.11. The Morgan fingerprint density at radius 1 is 1.14 bits per heavy atom. The normalized spacial score (nSPS) is 6.00. The Kier molecular flexibility index (Phi) is 35.5. The summed E-state index contributed by atoms with van der Waals surface area (Å²) in [5.74, 6) is 0.583. The Morgan fingerprint density at radius 3 is 1.14 bits per heavy atom. The molecule has 0 aromatic carbocycles. The molecule has 0 saturated heterocycles. The molecule has 0 unspecified atom stereocenters. The molecule has 0 N–H and O–H groups in total. The van der Waals surface area contributed by atoms with E-state index >= 15 is 0 Å². The first kappa shape index (κ1) is 15.7. The molecule has 1 heteroatoms. The van der Waals surface area contributed by atoms with Crippen molar-refractivity contribution in [1.29, 1.82) is 0 Å². The molecule has 0 aromatic rings. The smallest absolute Gasteiger partial charge is 0.346 e. The standard InChI is InChI=1S/C4H9.C2H5.Mg/c1-4(2)3;1-2;/h4H,1H2,2-3H3;1H2,2H3;/q2*-1;+2. The van der Waals surface area contributed by atoms with Gasteiger partial charge in [-0.3, -0.25) is 0 Å². The maximum absolute atomic E-state index is 3.64. The van der Waals surface area contributed by atoms with E-state index in [1.807, 2.05) is 0 Å². The monoisotopic (exact) mass is 110 g/mol. The van der Waals surface area contributed by atoms with Crippen molar-refractivity contribution in [3.63, 3.8) is 0 Å². The van der Waals surface area contributed by atoms with Gasteiger partial charge in [-0.1, -0.05) is 13.8 Å². The third kappa shape index (κ3) is 262. The van der Waals surface area contributed by atoms with Crippen LogP contribution >= 0.6 is 0 Å². The molecule has 40 valence electrons. The molecule has 0 spiro atoms. The van der Waals surface area contributed by atoms with Crippen molar-refractivity contribution in [1.82, 2.24) is 0 Å². The van der Waals surface area contributed by atoms with Gasteiger partial charge in [0.05, 0.1) is 0 Å². The Morgan fingerprint density at radius 2 is 1.14 bits per heavy atom. The second kappa shape index (κ2) is 15.9. The van der Waals surface area contributed by atoms with Crippen LogP contribution < -0.4 is 0 Å². The predicted molar refractivity (Wildman–Crippen MR) is 37.0 cm³/mol. The van der Waals surface area contributed by atoms with Crippen molar-refractivity contribution in [3.8, 4) is 0 Å². The Balaban J connectivity index is -0.0000000480. The SMILES string of the molecule is [CH2-]C.[CH2-]C(C)C.[Mg+2]. The van der Waals surface area contributed by atoms with Crippen LogP contribution in [0.25, 0.3) is 0 Å². The van der Waals surface area contributed by atoms with Gasteiger partial charge in [-0.2, -0.15) is 12.8 Å². The maximum atomic E-state index is 3.64. The van der Waals surface area contributed by atoms with E-state index in [4.69, 9.17) is 0 Å². The van der Waals surface area contributed by atoms with Gasteiger partial charge in [0, 0.05) is 0 Å². The van der Waals surface area contributed by atoms with Gasteiger partial charge >= 0.3 is 23.1 Å². The van der Waals surface area contributed by atoms with E-state index in [0.717, 1.165) is 0 Å². The Hall–Kier alpha value is 0.766. The van der Waals surface area contributed by atoms with Gasteiger partial charge in [-0.15, -0.1) is 0 Å². The van der Waals surface area contributed by atoms with Crippen LogP contribution in [0.2, 0.25) is 0 Å². The summed E-state index contributed by atoms with van der Waals surface area (Å²) in [4.78, 5) is 0. The zero-order valence-electron chi connectivity index (χ0n) is 5.70. The molecule has 0 aromatic heterocycles. The van der Waals surface area contributed by atoms with Crippen molar-refractivity contribution < 1.29 is 0 Å². The number of hydrogen-bond donors (Lipinski definition) is 0. The van der Waals surface area contributed by atoms with Crippen molar-refractivity contribution in [2.75, 3.05) is 0 Å². The molecule has 0 fully saturated rings. The Labute approximate surface area is 63.8 Å². The fourth-order valence-corrected chi connectivity index (χ4v) is 0. The molecule has 0 aliphatic carbocycles. The summed E-state index contributed by atoms with van der Waals surface area (Å²) in [6.45, 7) is 12.8. The zero-order chi connectivity index (χ0) is 5.58. The summed E-state index contributed by atoms with van der Waals surface area (Å²) in [6.07, 6.45) is 0. The first-order valence-corrected chi connectivity index (χ1v) is 2.27. The fourth-order valence-electron chi connectivity index (χ4n) is 0. The predicted octanol–water partition coefficient (Wildman–Crippen LogP) is 1.94. The molecule has 0 nitrogen and oxygen atoms in total. The average Bonchev–Trinajstić information content (AvgIpc) is 1.41. The first-order chi connectivity index (χ1) is 2.73. The molecule has 0 amide bonds. The number of rotatable bonds is 0. The van der Waals surface area contributed by atoms with Gasteiger partial charge < -0.3 is 13.8 Å². The van der Waals surface area contributed by atoms with Crippen LogP contribution in [0, 0.1) is 19.8 Å². The van der Waals surface area contributed by atoms with Gasteiger partial charge in [0.25, 0.3) is 0 Å². The molecule has 0 radical (unpaired) electrons. The summed E-state index contributed by atoms with van der Waals surface area (Å²) in [5, 5.41) is 0. The topological polar surface area (TPSA) is 0 Å². The van der Waals surface area contributed by atoms with Gasteiger partial charge in [-0.25, -0.2) is 0 Å². The molecule has 0 atom stereocenters. The molecule has 0 bridgehead atoms. The molecule has 0 aliphatic rings.